The van der Waals surface area contributed by atoms with Gasteiger partial charge in [-0.25, -0.2) is 0 Å². The molecule has 2 aromatic carbocycles. The van der Waals surface area contributed by atoms with E-state index >= 15 is 0 Å². The molecule has 0 unspecified atom stereocenters. The Hall–Kier alpha value is -1.68. The molecular weight excluding hydrogens is 308 g/mol. The molecule has 0 bridgehead atoms. The summed E-state index contributed by atoms with van der Waals surface area (Å²) in [4.78, 5) is 17.1. The van der Waals surface area contributed by atoms with Crippen LogP contribution < -0.4 is 0 Å². The maximum atomic E-state index is 12.6. The Morgan fingerprint density at radius 2 is 1.70 bits per heavy atom. The zero-order chi connectivity index (χ0) is 16.2. The molecule has 0 N–H and O–H groups in total. The molecule has 1 fully saturated rings. The van der Waals surface area contributed by atoms with Crippen LogP contribution in [0.15, 0.2) is 48.5 Å². The van der Waals surface area contributed by atoms with Gasteiger partial charge < -0.3 is 4.90 Å². The SMILES string of the molecule is CN1CCN(CC(=O)c2cccc(-c3ccc(Cl)cc3)c2)CC1. The molecular formula is C19H21ClN2O. The summed E-state index contributed by atoms with van der Waals surface area (Å²) < 4.78 is 0. The summed E-state index contributed by atoms with van der Waals surface area (Å²) in [5, 5.41) is 0.719. The summed E-state index contributed by atoms with van der Waals surface area (Å²) in [5.41, 5.74) is 2.89. The highest BCUT2D eigenvalue weighted by Gasteiger charge is 2.17. The molecule has 1 heterocycles. The Morgan fingerprint density at radius 1 is 1.00 bits per heavy atom. The van der Waals surface area contributed by atoms with E-state index in [1.54, 1.807) is 0 Å². The topological polar surface area (TPSA) is 23.6 Å². The second kappa shape index (κ2) is 7.26. The maximum absolute atomic E-state index is 12.6. The van der Waals surface area contributed by atoms with Gasteiger partial charge in [-0.15, -0.1) is 0 Å². The minimum atomic E-state index is 0.186. The number of hydrogen-bond acceptors (Lipinski definition) is 3. The number of rotatable bonds is 4. The minimum Gasteiger partial charge on any atom is -0.304 e. The maximum Gasteiger partial charge on any atom is 0.176 e. The summed E-state index contributed by atoms with van der Waals surface area (Å²) in [7, 11) is 2.12. The summed E-state index contributed by atoms with van der Waals surface area (Å²) in [5.74, 6) is 0.186. The van der Waals surface area contributed by atoms with Crippen molar-refractivity contribution in [3.8, 4) is 11.1 Å². The number of piperazine rings is 1. The van der Waals surface area contributed by atoms with E-state index in [9.17, 15) is 4.79 Å². The summed E-state index contributed by atoms with van der Waals surface area (Å²) in [6, 6.07) is 15.5. The van der Waals surface area contributed by atoms with Crippen molar-refractivity contribution in [2.75, 3.05) is 39.8 Å². The normalized spacial score (nSPS) is 16.4. The number of hydrogen-bond donors (Lipinski definition) is 0. The number of benzene rings is 2. The van der Waals surface area contributed by atoms with E-state index in [0.29, 0.717) is 6.54 Å². The number of ketones is 1. The van der Waals surface area contributed by atoms with Crippen molar-refractivity contribution in [2.45, 2.75) is 0 Å². The van der Waals surface area contributed by atoms with Crippen molar-refractivity contribution >= 4 is 17.4 Å². The average Bonchev–Trinajstić information content (AvgIpc) is 2.58. The molecule has 23 heavy (non-hydrogen) atoms. The average molecular weight is 329 g/mol. The monoisotopic (exact) mass is 328 g/mol. The summed E-state index contributed by atoms with van der Waals surface area (Å²) >= 11 is 5.94. The third-order valence-corrected chi connectivity index (χ3v) is 4.58. The molecule has 3 nitrogen and oxygen atoms in total. The quantitative estimate of drug-likeness (QED) is 0.803. The van der Waals surface area contributed by atoms with Crippen molar-refractivity contribution in [2.24, 2.45) is 0 Å². The van der Waals surface area contributed by atoms with Gasteiger partial charge in [-0.05, 0) is 36.4 Å². The molecule has 0 saturated carbocycles. The van der Waals surface area contributed by atoms with Crippen LogP contribution in [-0.4, -0.2) is 55.4 Å². The van der Waals surface area contributed by atoms with Crippen molar-refractivity contribution in [3.05, 3.63) is 59.1 Å². The minimum absolute atomic E-state index is 0.186. The first-order chi connectivity index (χ1) is 11.1. The van der Waals surface area contributed by atoms with Gasteiger partial charge in [0.1, 0.15) is 0 Å². The second-order valence-corrected chi connectivity index (χ2v) is 6.53. The molecule has 0 aliphatic carbocycles. The molecule has 1 aliphatic rings. The highest BCUT2D eigenvalue weighted by molar-refractivity contribution is 6.30. The molecule has 4 heteroatoms. The Labute approximate surface area is 142 Å². The van der Waals surface area contributed by atoms with Crippen LogP contribution in [0.1, 0.15) is 10.4 Å². The van der Waals surface area contributed by atoms with E-state index in [-0.39, 0.29) is 5.78 Å². The molecule has 1 saturated heterocycles. The van der Waals surface area contributed by atoms with Gasteiger partial charge in [0.15, 0.2) is 5.78 Å². The highest BCUT2D eigenvalue weighted by Crippen LogP contribution is 2.22. The van der Waals surface area contributed by atoms with Gasteiger partial charge in [0.2, 0.25) is 0 Å². The van der Waals surface area contributed by atoms with E-state index < -0.39 is 0 Å². The number of carbonyl (C=O) groups is 1. The third kappa shape index (κ3) is 4.20. The van der Waals surface area contributed by atoms with Gasteiger partial charge in [0.25, 0.3) is 0 Å². The fourth-order valence-corrected chi connectivity index (χ4v) is 2.94. The van der Waals surface area contributed by atoms with Crippen molar-refractivity contribution < 1.29 is 4.79 Å². The highest BCUT2D eigenvalue weighted by atomic mass is 35.5. The molecule has 0 amide bonds. The summed E-state index contributed by atoms with van der Waals surface area (Å²) in [6.07, 6.45) is 0. The third-order valence-electron chi connectivity index (χ3n) is 4.33. The van der Waals surface area contributed by atoms with Crippen LogP contribution in [0.25, 0.3) is 11.1 Å². The van der Waals surface area contributed by atoms with Gasteiger partial charge in [0, 0.05) is 36.8 Å². The zero-order valence-corrected chi connectivity index (χ0v) is 14.1. The fraction of sp³-hybridized carbons (Fsp3) is 0.316. The van der Waals surface area contributed by atoms with Gasteiger partial charge in [0.05, 0.1) is 6.54 Å². The van der Waals surface area contributed by atoms with Gasteiger partial charge in [-0.1, -0.05) is 41.9 Å². The van der Waals surface area contributed by atoms with Crippen LogP contribution in [0.3, 0.4) is 0 Å². The molecule has 3 rings (SSSR count). The van der Waals surface area contributed by atoms with Crippen LogP contribution in [0.5, 0.6) is 0 Å². The first kappa shape index (κ1) is 16.2. The molecule has 0 aromatic heterocycles. The van der Waals surface area contributed by atoms with Crippen LogP contribution in [0.4, 0.5) is 0 Å². The van der Waals surface area contributed by atoms with Crippen molar-refractivity contribution in [3.63, 3.8) is 0 Å². The number of Topliss-reactive ketones (excluding diaryl/α,β-unsaturated/α-hetero) is 1. The van der Waals surface area contributed by atoms with Gasteiger partial charge in [-0.2, -0.15) is 0 Å². The molecule has 0 atom stereocenters. The van der Waals surface area contributed by atoms with Crippen LogP contribution in [0, 0.1) is 0 Å². The molecule has 1 aliphatic heterocycles. The van der Waals surface area contributed by atoms with Gasteiger partial charge in [-0.3, -0.25) is 9.69 Å². The molecule has 0 radical (unpaired) electrons. The van der Waals surface area contributed by atoms with E-state index in [2.05, 4.69) is 16.8 Å². The van der Waals surface area contributed by atoms with Crippen molar-refractivity contribution in [1.82, 2.24) is 9.80 Å². The Morgan fingerprint density at radius 3 is 2.39 bits per heavy atom. The number of nitrogens with zero attached hydrogens (tertiary/aromatic N) is 2. The lowest BCUT2D eigenvalue weighted by molar-refractivity contribution is 0.0876. The Bertz CT molecular complexity index is 676. The Kier molecular flexibility index (Phi) is 5.11. The summed E-state index contributed by atoms with van der Waals surface area (Å²) in [6.45, 7) is 4.46. The Balaban J connectivity index is 1.71. The van der Waals surface area contributed by atoms with E-state index in [1.807, 2.05) is 48.5 Å². The van der Waals surface area contributed by atoms with Crippen LogP contribution in [-0.2, 0) is 0 Å². The number of halogens is 1. The second-order valence-electron chi connectivity index (χ2n) is 6.09. The van der Waals surface area contributed by atoms with Crippen LogP contribution in [0.2, 0.25) is 5.02 Å². The molecule has 120 valence electrons. The lowest BCUT2D eigenvalue weighted by Crippen LogP contribution is -2.46. The van der Waals surface area contributed by atoms with E-state index in [4.69, 9.17) is 11.6 Å². The van der Waals surface area contributed by atoms with E-state index in [1.165, 1.54) is 0 Å². The number of carbonyl (C=O) groups excluding carboxylic acids is 1. The smallest absolute Gasteiger partial charge is 0.176 e. The van der Waals surface area contributed by atoms with Gasteiger partial charge >= 0.3 is 0 Å². The first-order valence-corrected chi connectivity index (χ1v) is 8.30. The number of likely N-dealkylation sites (N-methyl/N-ethyl adjacent to an activating group) is 1. The standard InChI is InChI=1S/C19H21ClN2O/c1-21-9-11-22(12-10-21)14-19(23)17-4-2-3-16(13-17)15-5-7-18(20)8-6-15/h2-8,13H,9-12,14H2,1H3. The zero-order valence-electron chi connectivity index (χ0n) is 13.3. The molecule has 0 spiro atoms. The largest absolute Gasteiger partial charge is 0.304 e. The lowest BCUT2D eigenvalue weighted by Gasteiger charge is -2.31. The van der Waals surface area contributed by atoms with Crippen molar-refractivity contribution in [1.29, 1.82) is 0 Å². The fourth-order valence-electron chi connectivity index (χ4n) is 2.81. The predicted molar refractivity (Wildman–Crippen MR) is 95.2 cm³/mol. The molecule has 2 aromatic rings. The predicted octanol–water partition coefficient (Wildman–Crippen LogP) is 3.44. The van der Waals surface area contributed by atoms with Crippen LogP contribution >= 0.6 is 11.6 Å². The first-order valence-electron chi connectivity index (χ1n) is 7.92. The van der Waals surface area contributed by atoms with E-state index in [0.717, 1.165) is 47.9 Å². The lowest BCUT2D eigenvalue weighted by atomic mass is 10.0.